The Balaban J connectivity index is 1.24. The Bertz CT molecular complexity index is 1870. The summed E-state index contributed by atoms with van der Waals surface area (Å²) in [5.41, 5.74) is 11.7. The van der Waals surface area contributed by atoms with Crippen LogP contribution in [0.25, 0.3) is 67.2 Å². The Kier molecular flexibility index (Phi) is 5.30. The van der Waals surface area contributed by atoms with Crippen molar-refractivity contribution >= 4 is 22.1 Å². The van der Waals surface area contributed by atoms with E-state index < -0.39 is 0 Å². The Hall–Kier alpha value is -5.09. The number of hydrogen-bond acceptors (Lipinski definition) is 4. The lowest BCUT2D eigenvalue weighted by Crippen LogP contribution is -1.95. The van der Waals surface area contributed by atoms with Crippen LogP contribution in [0.5, 0.6) is 0 Å². The second-order valence-electron chi connectivity index (χ2n) is 9.42. The molecule has 2 heterocycles. The second kappa shape index (κ2) is 9.09. The summed E-state index contributed by atoms with van der Waals surface area (Å²) < 4.78 is 5.93. The van der Waals surface area contributed by atoms with Crippen molar-refractivity contribution in [1.29, 1.82) is 0 Å². The largest absolute Gasteiger partial charge is 0.436 e. The van der Waals surface area contributed by atoms with Gasteiger partial charge in [0, 0.05) is 16.7 Å². The molecular formula is C34H23N3O. The predicted molar refractivity (Wildman–Crippen MR) is 154 cm³/mol. The van der Waals surface area contributed by atoms with Gasteiger partial charge in [-0.25, -0.2) is 15.0 Å². The molecule has 2 aromatic heterocycles. The fourth-order valence-corrected chi connectivity index (χ4v) is 4.74. The number of aromatic nitrogens is 3. The van der Waals surface area contributed by atoms with Gasteiger partial charge in [-0.1, -0.05) is 90.5 Å². The summed E-state index contributed by atoms with van der Waals surface area (Å²) in [7, 11) is 0. The maximum absolute atomic E-state index is 5.93. The minimum Gasteiger partial charge on any atom is -0.436 e. The molecule has 0 atom stereocenters. The van der Waals surface area contributed by atoms with Crippen molar-refractivity contribution in [2.45, 2.75) is 6.92 Å². The number of rotatable bonds is 4. The van der Waals surface area contributed by atoms with E-state index in [1.54, 1.807) is 0 Å². The number of aryl methyl sites for hydroxylation is 1. The van der Waals surface area contributed by atoms with Crippen LogP contribution in [0.4, 0.5) is 0 Å². The third-order valence-electron chi connectivity index (χ3n) is 6.81. The van der Waals surface area contributed by atoms with Gasteiger partial charge in [0.1, 0.15) is 5.52 Å². The van der Waals surface area contributed by atoms with Gasteiger partial charge in [-0.05, 0) is 54.4 Å². The first-order valence-electron chi connectivity index (χ1n) is 12.6. The summed E-state index contributed by atoms with van der Waals surface area (Å²) in [5.74, 6) is 0.631. The van der Waals surface area contributed by atoms with Crippen molar-refractivity contribution < 1.29 is 4.42 Å². The quantitative estimate of drug-likeness (QED) is 0.248. The number of fused-ring (bicyclic) bond motifs is 2. The van der Waals surface area contributed by atoms with Crippen LogP contribution in [0.3, 0.4) is 0 Å². The Morgan fingerprint density at radius 2 is 0.868 bits per heavy atom. The summed E-state index contributed by atoms with van der Waals surface area (Å²) in [6.45, 7) is 2.09. The molecule has 4 nitrogen and oxygen atoms in total. The maximum atomic E-state index is 5.93. The minimum atomic E-state index is 0.631. The van der Waals surface area contributed by atoms with Crippen molar-refractivity contribution in [3.05, 3.63) is 127 Å². The highest BCUT2D eigenvalue weighted by Gasteiger charge is 2.14. The van der Waals surface area contributed by atoms with Crippen LogP contribution in [0.1, 0.15) is 5.56 Å². The SMILES string of the molecule is Cc1ccc(-c2nc3ccccc3nc2-c2ccc(-c3ccc(-c4nc5ccccc5o4)cc3)cc2)cc1. The third kappa shape index (κ3) is 4.02. The number of oxazole rings is 1. The molecule has 0 fully saturated rings. The van der Waals surface area contributed by atoms with E-state index in [0.29, 0.717) is 5.89 Å². The highest BCUT2D eigenvalue weighted by Crippen LogP contribution is 2.33. The molecule has 0 spiro atoms. The number of benzene rings is 5. The first kappa shape index (κ1) is 22.1. The van der Waals surface area contributed by atoms with E-state index in [4.69, 9.17) is 14.4 Å². The lowest BCUT2D eigenvalue weighted by atomic mass is 9.99. The van der Waals surface area contributed by atoms with E-state index >= 15 is 0 Å². The van der Waals surface area contributed by atoms with E-state index in [-0.39, 0.29) is 0 Å². The van der Waals surface area contributed by atoms with Crippen LogP contribution in [-0.2, 0) is 0 Å². The van der Waals surface area contributed by atoms with E-state index in [0.717, 1.165) is 61.3 Å². The van der Waals surface area contributed by atoms with Crippen molar-refractivity contribution in [3.63, 3.8) is 0 Å². The van der Waals surface area contributed by atoms with Crippen LogP contribution in [-0.4, -0.2) is 15.0 Å². The van der Waals surface area contributed by atoms with Gasteiger partial charge in [0.05, 0.1) is 22.4 Å². The Morgan fingerprint density at radius 1 is 0.421 bits per heavy atom. The highest BCUT2D eigenvalue weighted by atomic mass is 16.3. The molecule has 0 amide bonds. The van der Waals surface area contributed by atoms with Crippen LogP contribution in [0, 0.1) is 6.92 Å². The van der Waals surface area contributed by atoms with Gasteiger partial charge >= 0.3 is 0 Å². The zero-order valence-electron chi connectivity index (χ0n) is 20.8. The average molecular weight is 490 g/mol. The molecule has 7 rings (SSSR count). The van der Waals surface area contributed by atoms with Crippen molar-refractivity contribution in [3.8, 4) is 45.1 Å². The van der Waals surface area contributed by atoms with Crippen LogP contribution in [0.2, 0.25) is 0 Å². The van der Waals surface area contributed by atoms with Crippen LogP contribution < -0.4 is 0 Å². The average Bonchev–Trinajstić information content (AvgIpc) is 3.42. The van der Waals surface area contributed by atoms with Gasteiger partial charge in [0.15, 0.2) is 5.58 Å². The third-order valence-corrected chi connectivity index (χ3v) is 6.81. The standard InChI is InChI=1S/C34H23N3O/c1-22-10-12-25(13-11-22)32-33(36-29-7-3-2-6-28(29)35-32)26-18-14-23(15-19-26)24-16-20-27(21-17-24)34-37-30-8-4-5-9-31(30)38-34/h2-21H,1H3. The van der Waals surface area contributed by atoms with Crippen molar-refractivity contribution in [2.75, 3.05) is 0 Å². The topological polar surface area (TPSA) is 51.8 Å². The fourth-order valence-electron chi connectivity index (χ4n) is 4.74. The van der Waals surface area contributed by atoms with Gasteiger partial charge in [-0.3, -0.25) is 0 Å². The lowest BCUT2D eigenvalue weighted by molar-refractivity contribution is 0.620. The zero-order chi connectivity index (χ0) is 25.5. The molecule has 0 aliphatic carbocycles. The summed E-state index contributed by atoms with van der Waals surface area (Å²) >= 11 is 0. The monoisotopic (exact) mass is 489 g/mol. The summed E-state index contributed by atoms with van der Waals surface area (Å²) in [5, 5.41) is 0. The number of hydrogen-bond donors (Lipinski definition) is 0. The first-order chi connectivity index (χ1) is 18.7. The zero-order valence-corrected chi connectivity index (χ0v) is 20.8. The molecule has 0 radical (unpaired) electrons. The summed E-state index contributed by atoms with van der Waals surface area (Å²) in [6, 6.07) is 41.1. The van der Waals surface area contributed by atoms with Crippen molar-refractivity contribution in [1.82, 2.24) is 15.0 Å². The fraction of sp³-hybridized carbons (Fsp3) is 0.0294. The van der Waals surface area contributed by atoms with Crippen LogP contribution >= 0.6 is 0 Å². The van der Waals surface area contributed by atoms with E-state index in [1.165, 1.54) is 5.56 Å². The molecule has 0 aliphatic rings. The van der Waals surface area contributed by atoms with Gasteiger partial charge in [-0.2, -0.15) is 0 Å². The number of para-hydroxylation sites is 4. The van der Waals surface area contributed by atoms with Gasteiger partial charge < -0.3 is 4.42 Å². The molecule has 5 aromatic carbocycles. The lowest BCUT2D eigenvalue weighted by Gasteiger charge is -2.12. The van der Waals surface area contributed by atoms with Crippen LogP contribution in [0.15, 0.2) is 126 Å². The predicted octanol–water partition coefficient (Wildman–Crippen LogP) is 8.75. The molecule has 180 valence electrons. The smallest absolute Gasteiger partial charge is 0.227 e. The first-order valence-corrected chi connectivity index (χ1v) is 12.6. The summed E-state index contributed by atoms with van der Waals surface area (Å²) in [4.78, 5) is 14.6. The van der Waals surface area contributed by atoms with Gasteiger partial charge in [0.25, 0.3) is 0 Å². The minimum absolute atomic E-state index is 0.631. The molecule has 7 aromatic rings. The van der Waals surface area contributed by atoms with E-state index in [2.05, 4.69) is 84.7 Å². The maximum Gasteiger partial charge on any atom is 0.227 e. The molecular weight excluding hydrogens is 466 g/mol. The Morgan fingerprint density at radius 3 is 1.42 bits per heavy atom. The molecule has 0 bridgehead atoms. The highest BCUT2D eigenvalue weighted by molar-refractivity contribution is 5.87. The van der Waals surface area contributed by atoms with E-state index in [9.17, 15) is 0 Å². The number of nitrogens with zero attached hydrogens (tertiary/aromatic N) is 3. The van der Waals surface area contributed by atoms with E-state index in [1.807, 2.05) is 48.5 Å². The Labute approximate surface area is 220 Å². The van der Waals surface area contributed by atoms with Gasteiger partial charge in [0.2, 0.25) is 5.89 Å². The molecule has 0 saturated heterocycles. The molecule has 38 heavy (non-hydrogen) atoms. The summed E-state index contributed by atoms with van der Waals surface area (Å²) in [6.07, 6.45) is 0. The van der Waals surface area contributed by atoms with Crippen molar-refractivity contribution in [2.24, 2.45) is 0 Å². The molecule has 0 unspecified atom stereocenters. The molecule has 0 saturated carbocycles. The molecule has 0 aliphatic heterocycles. The second-order valence-corrected chi connectivity index (χ2v) is 9.42. The molecule has 4 heteroatoms. The molecule has 0 N–H and O–H groups in total. The normalized spacial score (nSPS) is 11.3. The van der Waals surface area contributed by atoms with Gasteiger partial charge in [-0.15, -0.1) is 0 Å².